The summed E-state index contributed by atoms with van der Waals surface area (Å²) in [6.45, 7) is 6.25. The van der Waals surface area contributed by atoms with Crippen LogP contribution in [0.2, 0.25) is 0 Å². The summed E-state index contributed by atoms with van der Waals surface area (Å²) in [6.07, 6.45) is 4.56. The molecule has 0 aromatic carbocycles. The van der Waals surface area contributed by atoms with Crippen molar-refractivity contribution < 1.29 is 0 Å². The molecule has 1 heterocycles. The third kappa shape index (κ3) is 5.63. The Bertz CT molecular complexity index is 400. The molecule has 0 aliphatic heterocycles. The number of hydrogen-bond acceptors (Lipinski definition) is 4. The Kier molecular flexibility index (Phi) is 6.90. The van der Waals surface area contributed by atoms with E-state index in [-0.39, 0.29) is 5.54 Å². The molecule has 0 amide bonds. The zero-order valence-electron chi connectivity index (χ0n) is 12.0. The van der Waals surface area contributed by atoms with Gasteiger partial charge in [0.15, 0.2) is 0 Å². The van der Waals surface area contributed by atoms with Crippen molar-refractivity contribution in [1.82, 2.24) is 10.3 Å². The number of nitrogens with one attached hydrogen (secondary N) is 1. The highest BCUT2D eigenvalue weighted by Gasteiger charge is 2.27. The van der Waals surface area contributed by atoms with Gasteiger partial charge in [0, 0.05) is 12.2 Å². The van der Waals surface area contributed by atoms with Crippen molar-refractivity contribution >= 4 is 11.8 Å². The van der Waals surface area contributed by atoms with Gasteiger partial charge in [0.25, 0.3) is 0 Å². The van der Waals surface area contributed by atoms with Crippen LogP contribution in [0.3, 0.4) is 0 Å². The molecule has 1 unspecified atom stereocenters. The lowest BCUT2D eigenvalue weighted by Gasteiger charge is -2.29. The first-order valence-corrected chi connectivity index (χ1v) is 7.83. The zero-order chi connectivity index (χ0) is 14.1. The first-order chi connectivity index (χ1) is 9.12. The third-order valence-electron chi connectivity index (χ3n) is 3.02. The molecule has 0 fully saturated rings. The predicted octanol–water partition coefficient (Wildman–Crippen LogP) is 3.62. The summed E-state index contributed by atoms with van der Waals surface area (Å²) in [5, 5.41) is 13.9. The van der Waals surface area contributed by atoms with E-state index in [1.165, 1.54) is 0 Å². The lowest BCUT2D eigenvalue weighted by molar-refractivity contribution is 0.341. The van der Waals surface area contributed by atoms with Crippen molar-refractivity contribution in [1.29, 1.82) is 5.26 Å². The second kappa shape index (κ2) is 8.19. The Labute approximate surface area is 120 Å². The van der Waals surface area contributed by atoms with Gasteiger partial charge in [0.05, 0.1) is 11.1 Å². The fourth-order valence-corrected chi connectivity index (χ4v) is 2.86. The largest absolute Gasteiger partial charge is 0.297 e. The molecule has 0 aliphatic rings. The number of hydrogen-bond donors (Lipinski definition) is 1. The minimum absolute atomic E-state index is 0.336. The van der Waals surface area contributed by atoms with Crippen molar-refractivity contribution in [3.63, 3.8) is 0 Å². The summed E-state index contributed by atoms with van der Waals surface area (Å²) >= 11 is 1.75. The third-order valence-corrected chi connectivity index (χ3v) is 4.05. The highest BCUT2D eigenvalue weighted by Crippen LogP contribution is 2.22. The molecule has 0 aliphatic carbocycles. The van der Waals surface area contributed by atoms with Gasteiger partial charge in [-0.2, -0.15) is 5.26 Å². The van der Waals surface area contributed by atoms with Crippen molar-refractivity contribution in [2.45, 2.75) is 56.6 Å². The number of pyridine rings is 1. The second-order valence-electron chi connectivity index (χ2n) is 4.97. The number of aromatic nitrogens is 1. The van der Waals surface area contributed by atoms with Gasteiger partial charge in [-0.3, -0.25) is 5.32 Å². The van der Waals surface area contributed by atoms with E-state index in [9.17, 15) is 5.26 Å². The molecule has 1 rings (SSSR count). The van der Waals surface area contributed by atoms with E-state index in [1.54, 1.807) is 11.8 Å². The molecule has 1 atom stereocenters. The van der Waals surface area contributed by atoms with Gasteiger partial charge in [-0.15, -0.1) is 11.8 Å². The van der Waals surface area contributed by atoms with E-state index < -0.39 is 0 Å². The van der Waals surface area contributed by atoms with Gasteiger partial charge in [0.2, 0.25) is 0 Å². The first-order valence-electron chi connectivity index (χ1n) is 6.84. The van der Waals surface area contributed by atoms with Gasteiger partial charge < -0.3 is 0 Å². The Morgan fingerprint density at radius 1 is 1.47 bits per heavy atom. The number of rotatable bonds is 8. The molecule has 1 N–H and O–H groups in total. The molecule has 0 radical (unpaired) electrons. The molecule has 104 valence electrons. The molecule has 19 heavy (non-hydrogen) atoms. The zero-order valence-corrected chi connectivity index (χ0v) is 12.8. The summed E-state index contributed by atoms with van der Waals surface area (Å²) in [6, 6.07) is 8.74. The Balaban J connectivity index is 2.39. The van der Waals surface area contributed by atoms with Crippen LogP contribution in [0.15, 0.2) is 29.4 Å². The molecule has 0 saturated heterocycles. The second-order valence-corrected chi connectivity index (χ2v) is 6.08. The predicted molar refractivity (Wildman–Crippen MR) is 81.1 cm³/mol. The van der Waals surface area contributed by atoms with Gasteiger partial charge >= 0.3 is 0 Å². The van der Waals surface area contributed by atoms with Crippen LogP contribution in [0, 0.1) is 11.3 Å². The fraction of sp³-hybridized carbons (Fsp3) is 0.600. The molecule has 0 bridgehead atoms. The van der Waals surface area contributed by atoms with E-state index in [1.807, 2.05) is 24.4 Å². The van der Waals surface area contributed by atoms with Crippen LogP contribution < -0.4 is 5.32 Å². The van der Waals surface area contributed by atoms with Crippen molar-refractivity contribution in [2.24, 2.45) is 0 Å². The molecule has 0 saturated carbocycles. The van der Waals surface area contributed by atoms with E-state index >= 15 is 0 Å². The average molecular weight is 277 g/mol. The Morgan fingerprint density at radius 2 is 2.26 bits per heavy atom. The average Bonchev–Trinajstić information content (AvgIpc) is 2.43. The Morgan fingerprint density at radius 3 is 2.79 bits per heavy atom. The molecular weight excluding hydrogens is 254 g/mol. The first kappa shape index (κ1) is 16.0. The molecule has 4 heteroatoms. The smallest absolute Gasteiger partial charge is 0.106 e. The lowest BCUT2D eigenvalue weighted by atomic mass is 9.91. The molecule has 1 aromatic rings. The van der Waals surface area contributed by atoms with Crippen LogP contribution in [0.4, 0.5) is 0 Å². The molecule has 3 nitrogen and oxygen atoms in total. The summed E-state index contributed by atoms with van der Waals surface area (Å²) in [5.41, 5.74) is -0.376. The monoisotopic (exact) mass is 277 g/mol. The highest BCUT2D eigenvalue weighted by molar-refractivity contribution is 7.99. The van der Waals surface area contributed by atoms with Crippen LogP contribution in [-0.2, 0) is 0 Å². The van der Waals surface area contributed by atoms with Crippen LogP contribution in [-0.4, -0.2) is 22.3 Å². The van der Waals surface area contributed by atoms with Crippen LogP contribution in [0.1, 0.15) is 40.0 Å². The number of thioether (sulfide) groups is 1. The minimum atomic E-state index is -0.376. The van der Waals surface area contributed by atoms with Crippen molar-refractivity contribution in [3.05, 3.63) is 24.4 Å². The van der Waals surface area contributed by atoms with Crippen LogP contribution >= 0.6 is 11.8 Å². The van der Waals surface area contributed by atoms with E-state index in [0.717, 1.165) is 30.0 Å². The van der Waals surface area contributed by atoms with Gasteiger partial charge in [0.1, 0.15) is 5.54 Å². The van der Waals surface area contributed by atoms with E-state index in [4.69, 9.17) is 0 Å². The maximum Gasteiger partial charge on any atom is 0.106 e. The number of nitrogens with zero attached hydrogens (tertiary/aromatic N) is 2. The molecule has 1 aromatic heterocycles. The topological polar surface area (TPSA) is 48.7 Å². The highest BCUT2D eigenvalue weighted by atomic mass is 32.2. The van der Waals surface area contributed by atoms with Crippen molar-refractivity contribution in [2.75, 3.05) is 5.75 Å². The van der Waals surface area contributed by atoms with Crippen molar-refractivity contribution in [3.8, 4) is 6.07 Å². The van der Waals surface area contributed by atoms with Crippen LogP contribution in [0.25, 0.3) is 0 Å². The van der Waals surface area contributed by atoms with Gasteiger partial charge in [-0.05, 0) is 51.0 Å². The van der Waals surface area contributed by atoms with E-state index in [0.29, 0.717) is 6.04 Å². The fourth-order valence-electron chi connectivity index (χ4n) is 2.05. The summed E-state index contributed by atoms with van der Waals surface area (Å²) in [4.78, 5) is 4.28. The summed E-state index contributed by atoms with van der Waals surface area (Å²) in [5.74, 6) is 1.00. The SMILES string of the molecule is CCC(C#N)(CCCSc1ccccn1)NC(C)C. The normalized spacial score (nSPS) is 14.1. The number of nitriles is 1. The molecular formula is C15H23N3S. The van der Waals surface area contributed by atoms with Gasteiger partial charge in [-0.1, -0.05) is 13.0 Å². The standard InChI is InChI=1S/C15H23N3S/c1-4-15(12-16,18-13(2)3)9-7-11-19-14-8-5-6-10-17-14/h5-6,8,10,13,18H,4,7,9,11H2,1-3H3. The van der Waals surface area contributed by atoms with E-state index in [2.05, 4.69) is 37.1 Å². The summed E-state index contributed by atoms with van der Waals surface area (Å²) < 4.78 is 0. The summed E-state index contributed by atoms with van der Waals surface area (Å²) in [7, 11) is 0. The maximum atomic E-state index is 9.41. The quantitative estimate of drug-likeness (QED) is 0.582. The van der Waals surface area contributed by atoms with Crippen LogP contribution in [0.5, 0.6) is 0 Å². The van der Waals surface area contributed by atoms with Gasteiger partial charge in [-0.25, -0.2) is 4.98 Å². The Hall–Kier alpha value is -1.05. The molecule has 0 spiro atoms. The lowest BCUT2D eigenvalue weighted by Crippen LogP contribution is -2.47. The maximum absolute atomic E-state index is 9.41. The minimum Gasteiger partial charge on any atom is -0.297 e.